The Morgan fingerprint density at radius 3 is 2.85 bits per heavy atom. The van der Waals surface area contributed by atoms with Gasteiger partial charge in [-0.15, -0.1) is 0 Å². The lowest BCUT2D eigenvalue weighted by molar-refractivity contribution is 0.520. The minimum atomic E-state index is -0.248. The second-order valence-electron chi connectivity index (χ2n) is 2.99. The number of nitrogens with zero attached hydrogens (tertiary/aromatic N) is 1. The summed E-state index contributed by atoms with van der Waals surface area (Å²) < 4.78 is 2.14. The highest BCUT2D eigenvalue weighted by molar-refractivity contribution is 7.71. The first kappa shape index (κ1) is 9.98. The highest BCUT2D eigenvalue weighted by Gasteiger charge is 2.05. The van der Waals surface area contributed by atoms with Crippen molar-refractivity contribution in [2.24, 2.45) is 0 Å². The lowest BCUT2D eigenvalue weighted by Crippen LogP contribution is -2.18. The molecule has 1 aromatic rings. The fraction of sp³-hybridized carbons (Fsp3) is 0.500. The molecule has 3 N–H and O–H groups in total. The van der Waals surface area contributed by atoms with Crippen molar-refractivity contribution in [1.29, 1.82) is 0 Å². The zero-order valence-corrected chi connectivity index (χ0v) is 8.52. The van der Waals surface area contributed by atoms with Crippen LogP contribution in [0.2, 0.25) is 0 Å². The molecule has 0 amide bonds. The summed E-state index contributed by atoms with van der Waals surface area (Å²) in [5.41, 5.74) is 5.43. The van der Waals surface area contributed by atoms with Crippen LogP contribution < -0.4 is 11.3 Å². The minimum absolute atomic E-state index is 0.212. The molecule has 1 heterocycles. The van der Waals surface area contributed by atoms with Gasteiger partial charge in [-0.05, 0) is 25.6 Å². The zero-order chi connectivity index (χ0) is 10.0. The van der Waals surface area contributed by atoms with Crippen molar-refractivity contribution < 1.29 is 0 Å². The number of aromatic amines is 1. The number of aromatic nitrogens is 2. The second kappa shape index (κ2) is 3.74. The van der Waals surface area contributed by atoms with Gasteiger partial charge in [0.25, 0.3) is 5.56 Å². The third-order valence-electron chi connectivity index (χ3n) is 2.04. The van der Waals surface area contributed by atoms with Crippen molar-refractivity contribution in [3.8, 4) is 0 Å². The van der Waals surface area contributed by atoms with Crippen LogP contribution in [0.25, 0.3) is 0 Å². The van der Waals surface area contributed by atoms with Crippen LogP contribution in [0.1, 0.15) is 26.3 Å². The summed E-state index contributed by atoms with van der Waals surface area (Å²) >= 11 is 5.00. The predicted octanol–water partition coefficient (Wildman–Crippen LogP) is 1.46. The van der Waals surface area contributed by atoms with Crippen LogP contribution in [0.5, 0.6) is 0 Å². The van der Waals surface area contributed by atoms with Crippen LogP contribution in [-0.2, 0) is 0 Å². The van der Waals surface area contributed by atoms with Crippen molar-refractivity contribution in [2.45, 2.75) is 26.3 Å². The van der Waals surface area contributed by atoms with Gasteiger partial charge in [-0.1, -0.05) is 6.92 Å². The molecular formula is C8H13N3OS. The number of nitrogens with one attached hydrogen (secondary N) is 1. The second-order valence-corrected chi connectivity index (χ2v) is 3.38. The number of H-pyrrole nitrogens is 1. The van der Waals surface area contributed by atoms with Crippen molar-refractivity contribution in [1.82, 2.24) is 9.55 Å². The first-order valence-electron chi connectivity index (χ1n) is 4.17. The van der Waals surface area contributed by atoms with Gasteiger partial charge in [0.05, 0.1) is 0 Å². The Bertz CT molecular complexity index is 407. The van der Waals surface area contributed by atoms with E-state index in [1.807, 2.05) is 13.8 Å². The van der Waals surface area contributed by atoms with Crippen molar-refractivity contribution in [3.05, 3.63) is 21.2 Å². The molecule has 0 fully saturated rings. The van der Waals surface area contributed by atoms with Gasteiger partial charge in [-0.3, -0.25) is 9.78 Å². The first-order valence-corrected chi connectivity index (χ1v) is 4.58. The molecule has 0 saturated carbocycles. The van der Waals surface area contributed by atoms with Crippen LogP contribution in [-0.4, -0.2) is 9.55 Å². The topological polar surface area (TPSA) is 63.8 Å². The molecule has 1 aromatic heterocycles. The maximum absolute atomic E-state index is 11.0. The summed E-state index contributed by atoms with van der Waals surface area (Å²) in [6.07, 6.45) is 0.921. The molecule has 0 aliphatic carbocycles. The van der Waals surface area contributed by atoms with Crippen molar-refractivity contribution in [3.63, 3.8) is 0 Å². The molecular weight excluding hydrogens is 186 g/mol. The summed E-state index contributed by atoms with van der Waals surface area (Å²) in [4.78, 5) is 13.5. The third-order valence-corrected chi connectivity index (χ3v) is 2.34. The van der Waals surface area contributed by atoms with Gasteiger partial charge in [-0.2, -0.15) is 0 Å². The molecule has 13 heavy (non-hydrogen) atoms. The molecule has 4 nitrogen and oxygen atoms in total. The van der Waals surface area contributed by atoms with Crippen LogP contribution in [0, 0.1) is 4.77 Å². The molecule has 0 saturated heterocycles. The van der Waals surface area contributed by atoms with E-state index in [-0.39, 0.29) is 11.6 Å². The van der Waals surface area contributed by atoms with Gasteiger partial charge < -0.3 is 10.3 Å². The largest absolute Gasteiger partial charge is 0.385 e. The zero-order valence-electron chi connectivity index (χ0n) is 7.70. The minimum Gasteiger partial charge on any atom is -0.385 e. The number of anilines is 1. The summed E-state index contributed by atoms with van der Waals surface area (Å²) in [7, 11) is 0. The fourth-order valence-corrected chi connectivity index (χ4v) is 1.55. The Balaban J connectivity index is 3.37. The van der Waals surface area contributed by atoms with Gasteiger partial charge in [0.1, 0.15) is 5.82 Å². The lowest BCUT2D eigenvalue weighted by Gasteiger charge is -2.15. The Labute approximate surface area is 81.4 Å². The first-order chi connectivity index (χ1) is 6.06. The standard InChI is InChI=1S/C8H13N3OS/c1-3-5(2)11-6(9)4-7(12)10-8(11)13/h4-5H,3,9H2,1-2H3,(H,10,12,13). The molecule has 72 valence electrons. The predicted molar refractivity (Wildman–Crippen MR) is 55.3 cm³/mol. The molecule has 1 atom stereocenters. The fourth-order valence-electron chi connectivity index (χ4n) is 1.16. The van der Waals surface area contributed by atoms with Crippen LogP contribution >= 0.6 is 12.2 Å². The van der Waals surface area contributed by atoms with Gasteiger partial charge in [-0.25, -0.2) is 0 Å². The molecule has 0 spiro atoms. The average Bonchev–Trinajstić information content (AvgIpc) is 2.02. The van der Waals surface area contributed by atoms with E-state index in [9.17, 15) is 4.79 Å². The van der Waals surface area contributed by atoms with E-state index in [0.29, 0.717) is 10.6 Å². The quantitative estimate of drug-likeness (QED) is 0.709. The number of hydrogen-bond acceptors (Lipinski definition) is 3. The maximum Gasteiger partial charge on any atom is 0.253 e. The highest BCUT2D eigenvalue weighted by atomic mass is 32.1. The maximum atomic E-state index is 11.0. The summed E-state index contributed by atoms with van der Waals surface area (Å²) in [5, 5.41) is 0. The van der Waals surface area contributed by atoms with E-state index in [0.717, 1.165) is 6.42 Å². The molecule has 1 unspecified atom stereocenters. The molecule has 0 radical (unpaired) electrons. The number of hydrogen-bond donors (Lipinski definition) is 2. The lowest BCUT2D eigenvalue weighted by atomic mass is 10.2. The molecule has 0 bridgehead atoms. The van der Waals surface area contributed by atoms with E-state index in [2.05, 4.69) is 4.98 Å². The van der Waals surface area contributed by atoms with Gasteiger partial charge in [0, 0.05) is 12.1 Å². The van der Waals surface area contributed by atoms with E-state index < -0.39 is 0 Å². The molecule has 5 heteroatoms. The summed E-state index contributed by atoms with van der Waals surface area (Å²) in [6, 6.07) is 1.56. The van der Waals surface area contributed by atoms with E-state index in [1.54, 1.807) is 4.57 Å². The molecule has 0 aliphatic heterocycles. The number of nitrogen functional groups attached to an aromatic ring is 1. The van der Waals surface area contributed by atoms with Gasteiger partial charge in [0.15, 0.2) is 4.77 Å². The Morgan fingerprint density at radius 2 is 2.38 bits per heavy atom. The Hall–Kier alpha value is -1.10. The monoisotopic (exact) mass is 199 g/mol. The molecule has 0 aromatic carbocycles. The Kier molecular flexibility index (Phi) is 2.87. The Morgan fingerprint density at radius 1 is 1.77 bits per heavy atom. The van der Waals surface area contributed by atoms with Crippen molar-refractivity contribution >= 4 is 18.0 Å². The van der Waals surface area contributed by atoms with Crippen LogP contribution in [0.3, 0.4) is 0 Å². The van der Waals surface area contributed by atoms with Crippen LogP contribution in [0.4, 0.5) is 5.82 Å². The van der Waals surface area contributed by atoms with E-state index in [1.165, 1.54) is 6.07 Å². The van der Waals surface area contributed by atoms with Gasteiger partial charge >= 0.3 is 0 Å². The SMILES string of the molecule is CCC(C)n1c(N)cc(=O)[nH]c1=S. The number of nitrogens with two attached hydrogens (primary N) is 1. The summed E-state index contributed by atoms with van der Waals surface area (Å²) in [6.45, 7) is 4.04. The normalized spacial score (nSPS) is 12.8. The average molecular weight is 199 g/mol. The third kappa shape index (κ3) is 1.98. The van der Waals surface area contributed by atoms with E-state index in [4.69, 9.17) is 18.0 Å². The molecule has 1 rings (SSSR count). The van der Waals surface area contributed by atoms with Crippen LogP contribution in [0.15, 0.2) is 10.9 Å². The van der Waals surface area contributed by atoms with Crippen molar-refractivity contribution in [2.75, 3.05) is 5.73 Å². The van der Waals surface area contributed by atoms with Gasteiger partial charge in [0.2, 0.25) is 0 Å². The smallest absolute Gasteiger partial charge is 0.253 e. The number of rotatable bonds is 2. The highest BCUT2D eigenvalue weighted by Crippen LogP contribution is 2.13. The summed E-state index contributed by atoms with van der Waals surface area (Å²) in [5.74, 6) is 0.420. The molecule has 0 aliphatic rings. The van der Waals surface area contributed by atoms with E-state index >= 15 is 0 Å².